The summed E-state index contributed by atoms with van der Waals surface area (Å²) in [4.78, 5) is 15.3. The van der Waals surface area contributed by atoms with Crippen LogP contribution in [0.5, 0.6) is 0 Å². The Bertz CT molecular complexity index is 457. The van der Waals surface area contributed by atoms with E-state index in [1.807, 2.05) is 0 Å². The molecule has 0 saturated carbocycles. The number of nitrogens with one attached hydrogen (secondary N) is 1. The van der Waals surface area contributed by atoms with Crippen LogP contribution in [0.1, 0.15) is 28.6 Å². The van der Waals surface area contributed by atoms with Gasteiger partial charge in [0.05, 0.1) is 9.47 Å². The van der Waals surface area contributed by atoms with Gasteiger partial charge in [0.2, 0.25) is 0 Å². The molecule has 2 aliphatic rings. The van der Waals surface area contributed by atoms with Crippen LogP contribution in [0.25, 0.3) is 0 Å². The molecule has 2 aliphatic heterocycles. The van der Waals surface area contributed by atoms with E-state index < -0.39 is 0 Å². The summed E-state index contributed by atoms with van der Waals surface area (Å²) in [6, 6.07) is 0.233. The summed E-state index contributed by atoms with van der Waals surface area (Å²) in [5.74, 6) is 0.0869. The molecule has 1 aromatic rings. The Morgan fingerprint density at radius 1 is 1.56 bits per heavy atom. The smallest absolute Gasteiger partial charge is 0.263 e. The summed E-state index contributed by atoms with van der Waals surface area (Å²) in [5.41, 5.74) is 2.51. The van der Waals surface area contributed by atoms with Crippen molar-refractivity contribution >= 4 is 38.9 Å². The minimum absolute atomic E-state index is 0.0869. The summed E-state index contributed by atoms with van der Waals surface area (Å²) in [7, 11) is 0. The zero-order valence-corrected chi connectivity index (χ0v) is 11.4. The lowest BCUT2D eigenvalue weighted by Gasteiger charge is -2.30. The molecule has 0 bridgehead atoms. The van der Waals surface area contributed by atoms with E-state index >= 15 is 0 Å². The minimum atomic E-state index is 0.0869. The second-order valence-electron chi connectivity index (χ2n) is 4.46. The van der Waals surface area contributed by atoms with Crippen molar-refractivity contribution in [2.75, 3.05) is 18.0 Å². The van der Waals surface area contributed by atoms with E-state index in [0.29, 0.717) is 0 Å². The normalized spacial score (nSPS) is 23.8. The predicted octanol–water partition coefficient (Wildman–Crippen LogP) is 2.40. The van der Waals surface area contributed by atoms with Gasteiger partial charge in [-0.05, 0) is 35.7 Å². The Morgan fingerprint density at radius 2 is 2.38 bits per heavy atom. The molecule has 1 atom stereocenters. The lowest BCUT2D eigenvalue weighted by Crippen LogP contribution is -2.39. The largest absolute Gasteiger partial charge is 0.368 e. The van der Waals surface area contributed by atoms with E-state index in [4.69, 9.17) is 0 Å². The topological polar surface area (TPSA) is 32.3 Å². The molecular weight excluding hydrogens is 288 g/mol. The molecule has 3 nitrogen and oxygen atoms in total. The first-order valence-corrected chi connectivity index (χ1v) is 7.14. The SMILES string of the molecule is C[C@H]1CN2CCCc3c(Br)sc(c32)C(=O)N1. The van der Waals surface area contributed by atoms with Crippen LogP contribution >= 0.6 is 27.3 Å². The van der Waals surface area contributed by atoms with Crippen LogP contribution in [0.2, 0.25) is 0 Å². The number of amides is 1. The lowest BCUT2D eigenvalue weighted by atomic mass is 10.0. The monoisotopic (exact) mass is 300 g/mol. The number of hydrogen-bond donors (Lipinski definition) is 1. The highest BCUT2D eigenvalue weighted by atomic mass is 79.9. The van der Waals surface area contributed by atoms with Crippen molar-refractivity contribution in [1.29, 1.82) is 0 Å². The first kappa shape index (κ1) is 10.6. The Balaban J connectivity index is 2.17. The Hall–Kier alpha value is -0.550. The van der Waals surface area contributed by atoms with Gasteiger partial charge in [-0.1, -0.05) is 0 Å². The first-order chi connectivity index (χ1) is 7.66. The Labute approximate surface area is 107 Å². The van der Waals surface area contributed by atoms with Gasteiger partial charge in [-0.3, -0.25) is 4.79 Å². The highest BCUT2D eigenvalue weighted by molar-refractivity contribution is 9.11. The molecular formula is C11H13BrN2OS. The predicted molar refractivity (Wildman–Crippen MR) is 69.5 cm³/mol. The van der Waals surface area contributed by atoms with Gasteiger partial charge >= 0.3 is 0 Å². The van der Waals surface area contributed by atoms with E-state index in [2.05, 4.69) is 33.1 Å². The number of halogens is 1. The van der Waals surface area contributed by atoms with Gasteiger partial charge in [-0.2, -0.15) is 0 Å². The maximum Gasteiger partial charge on any atom is 0.263 e. The fourth-order valence-corrected chi connectivity index (χ4v) is 4.41. The lowest BCUT2D eigenvalue weighted by molar-refractivity contribution is 0.0949. The molecule has 0 aromatic carbocycles. The average Bonchev–Trinajstić information content (AvgIpc) is 2.51. The summed E-state index contributed by atoms with van der Waals surface area (Å²) in [5, 5.41) is 3.04. The molecule has 16 heavy (non-hydrogen) atoms. The van der Waals surface area contributed by atoms with Crippen molar-refractivity contribution in [3.8, 4) is 0 Å². The summed E-state index contributed by atoms with van der Waals surface area (Å²) < 4.78 is 1.13. The highest BCUT2D eigenvalue weighted by Gasteiger charge is 2.32. The number of anilines is 1. The molecule has 0 fully saturated rings. The summed E-state index contributed by atoms with van der Waals surface area (Å²) >= 11 is 5.15. The minimum Gasteiger partial charge on any atom is -0.368 e. The number of thiophene rings is 1. The van der Waals surface area contributed by atoms with Gasteiger partial charge in [0, 0.05) is 24.7 Å². The third-order valence-electron chi connectivity index (χ3n) is 3.18. The van der Waals surface area contributed by atoms with Crippen LogP contribution in [0.15, 0.2) is 3.79 Å². The van der Waals surface area contributed by atoms with Gasteiger partial charge in [0.1, 0.15) is 4.88 Å². The standard InChI is InChI=1S/C11H13BrN2OS/c1-6-5-14-4-2-3-7-8(14)9(11(15)13-6)16-10(7)12/h6H,2-5H2,1H3,(H,13,15)/t6-/m0/s1. The number of carbonyl (C=O) groups excluding carboxylic acids is 1. The van der Waals surface area contributed by atoms with Gasteiger partial charge < -0.3 is 10.2 Å². The first-order valence-electron chi connectivity index (χ1n) is 5.54. The molecule has 5 heteroatoms. The number of rotatable bonds is 0. The molecule has 0 radical (unpaired) electrons. The van der Waals surface area contributed by atoms with Crippen molar-refractivity contribution in [2.24, 2.45) is 0 Å². The molecule has 1 amide bonds. The molecule has 1 N–H and O–H groups in total. The third-order valence-corrected chi connectivity index (χ3v) is 5.15. The third kappa shape index (κ3) is 1.49. The van der Waals surface area contributed by atoms with Crippen LogP contribution in [0.3, 0.4) is 0 Å². The molecule has 86 valence electrons. The van der Waals surface area contributed by atoms with Crippen molar-refractivity contribution in [1.82, 2.24) is 5.32 Å². The number of carbonyl (C=O) groups is 1. The van der Waals surface area contributed by atoms with E-state index in [9.17, 15) is 4.79 Å². The van der Waals surface area contributed by atoms with E-state index in [1.54, 1.807) is 11.3 Å². The van der Waals surface area contributed by atoms with E-state index in [1.165, 1.54) is 17.7 Å². The van der Waals surface area contributed by atoms with E-state index in [-0.39, 0.29) is 11.9 Å². The van der Waals surface area contributed by atoms with E-state index in [0.717, 1.165) is 28.2 Å². The van der Waals surface area contributed by atoms with Crippen molar-refractivity contribution < 1.29 is 4.79 Å². The molecule has 3 heterocycles. The molecule has 0 spiro atoms. The van der Waals surface area contributed by atoms with Gasteiger partial charge in [0.25, 0.3) is 5.91 Å². The highest BCUT2D eigenvalue weighted by Crippen LogP contribution is 2.43. The van der Waals surface area contributed by atoms with Crippen LogP contribution in [-0.2, 0) is 6.42 Å². The molecule has 3 rings (SSSR count). The molecule has 0 aliphatic carbocycles. The van der Waals surface area contributed by atoms with Crippen LogP contribution in [0, 0.1) is 0 Å². The fourth-order valence-electron chi connectivity index (χ4n) is 2.54. The average molecular weight is 301 g/mol. The van der Waals surface area contributed by atoms with Gasteiger partial charge in [-0.25, -0.2) is 0 Å². The van der Waals surface area contributed by atoms with Crippen LogP contribution in [-0.4, -0.2) is 25.0 Å². The summed E-state index contributed by atoms with van der Waals surface area (Å²) in [6.45, 7) is 4.06. The zero-order valence-electron chi connectivity index (χ0n) is 9.05. The van der Waals surface area contributed by atoms with Crippen molar-refractivity contribution in [2.45, 2.75) is 25.8 Å². The molecule has 1 aromatic heterocycles. The second-order valence-corrected chi connectivity index (χ2v) is 6.79. The quantitative estimate of drug-likeness (QED) is 0.798. The number of hydrogen-bond acceptors (Lipinski definition) is 3. The maximum atomic E-state index is 12.0. The van der Waals surface area contributed by atoms with Gasteiger partial charge in [-0.15, -0.1) is 11.3 Å². The summed E-state index contributed by atoms with van der Waals surface area (Å²) in [6.07, 6.45) is 2.27. The van der Waals surface area contributed by atoms with Crippen molar-refractivity contribution in [3.63, 3.8) is 0 Å². The fraction of sp³-hybridized carbons (Fsp3) is 0.545. The Morgan fingerprint density at radius 3 is 3.19 bits per heavy atom. The van der Waals surface area contributed by atoms with Crippen LogP contribution < -0.4 is 10.2 Å². The maximum absolute atomic E-state index is 12.0. The zero-order chi connectivity index (χ0) is 11.3. The van der Waals surface area contributed by atoms with Crippen LogP contribution in [0.4, 0.5) is 5.69 Å². The Kier molecular flexibility index (Phi) is 2.47. The van der Waals surface area contributed by atoms with Crippen molar-refractivity contribution in [3.05, 3.63) is 14.2 Å². The molecule has 0 unspecified atom stereocenters. The molecule has 0 saturated heterocycles. The van der Waals surface area contributed by atoms with Gasteiger partial charge in [0.15, 0.2) is 0 Å². The number of nitrogens with zero attached hydrogens (tertiary/aromatic N) is 1. The second kappa shape index (κ2) is 3.74.